The minimum Gasteiger partial charge on any atom is -0.481 e. The van der Waals surface area contributed by atoms with E-state index in [1.165, 1.54) is 5.56 Å². The van der Waals surface area contributed by atoms with Crippen molar-refractivity contribution < 1.29 is 9.90 Å². The molecular weight excluding hydrogens is 288 g/mol. The van der Waals surface area contributed by atoms with E-state index < -0.39 is 5.97 Å². The third-order valence-electron chi connectivity index (χ3n) is 3.82. The van der Waals surface area contributed by atoms with Gasteiger partial charge in [-0.1, -0.05) is 43.3 Å². The molecule has 0 aliphatic carbocycles. The van der Waals surface area contributed by atoms with Crippen molar-refractivity contribution in [2.45, 2.75) is 26.2 Å². The third-order valence-corrected chi connectivity index (χ3v) is 3.82. The van der Waals surface area contributed by atoms with Crippen LogP contribution in [0.25, 0.3) is 11.1 Å². The number of aryl methyl sites for hydroxylation is 2. The van der Waals surface area contributed by atoms with Crippen LogP contribution in [0.1, 0.15) is 30.4 Å². The Kier molecular flexibility index (Phi) is 5.52. The minimum atomic E-state index is -0.804. The molecule has 0 radical (unpaired) electrons. The van der Waals surface area contributed by atoms with Gasteiger partial charge < -0.3 is 5.11 Å². The number of hydrogen-bond donors (Lipinski definition) is 1. The molecule has 0 bridgehead atoms. The van der Waals surface area contributed by atoms with Gasteiger partial charge in [0.15, 0.2) is 0 Å². The molecule has 23 heavy (non-hydrogen) atoms. The van der Waals surface area contributed by atoms with Crippen LogP contribution >= 0.6 is 0 Å². The standard InChI is InChI=1S/C19H22N2O2/c1-14-6-4-5-7-18(14)16-8-9-17(15(2)12-19(22)23)13-20-21(3)11-10-16/h4-11,13,15H,12H2,1-3H3,(H,22,23)/t15-/m0/s1. The third kappa shape index (κ3) is 4.68. The minimum absolute atomic E-state index is 0.0858. The van der Waals surface area contributed by atoms with Crippen LogP contribution in [0.5, 0.6) is 0 Å². The van der Waals surface area contributed by atoms with Crippen LogP contribution in [0.4, 0.5) is 0 Å². The van der Waals surface area contributed by atoms with E-state index in [9.17, 15) is 4.79 Å². The summed E-state index contributed by atoms with van der Waals surface area (Å²) in [6.45, 7) is 3.98. The van der Waals surface area contributed by atoms with E-state index >= 15 is 0 Å². The number of aromatic nitrogens is 2. The monoisotopic (exact) mass is 310 g/mol. The normalized spacial score (nSPS) is 11.6. The van der Waals surface area contributed by atoms with E-state index in [1.54, 1.807) is 10.9 Å². The van der Waals surface area contributed by atoms with Crippen LogP contribution in [0.3, 0.4) is 0 Å². The number of hydrogen-bond acceptors (Lipinski definition) is 2. The van der Waals surface area contributed by atoms with Crippen molar-refractivity contribution in [2.24, 2.45) is 7.05 Å². The van der Waals surface area contributed by atoms with Crippen molar-refractivity contribution in [2.75, 3.05) is 0 Å². The molecule has 2 rings (SSSR count). The van der Waals surface area contributed by atoms with E-state index in [4.69, 9.17) is 5.11 Å². The first-order valence-electron chi connectivity index (χ1n) is 7.62. The highest BCUT2D eigenvalue weighted by atomic mass is 16.4. The Morgan fingerprint density at radius 3 is 2.65 bits per heavy atom. The summed E-state index contributed by atoms with van der Waals surface area (Å²) in [4.78, 5) is 11.0. The largest absolute Gasteiger partial charge is 0.481 e. The molecule has 120 valence electrons. The van der Waals surface area contributed by atoms with Gasteiger partial charge in [0.25, 0.3) is 0 Å². The smallest absolute Gasteiger partial charge is 0.303 e. The fourth-order valence-electron chi connectivity index (χ4n) is 2.42. The maximum absolute atomic E-state index is 11.0. The summed E-state index contributed by atoms with van der Waals surface area (Å²) in [5, 5.41) is 13.3. The summed E-state index contributed by atoms with van der Waals surface area (Å²) in [6.07, 6.45) is 3.71. The van der Waals surface area contributed by atoms with Gasteiger partial charge >= 0.3 is 5.97 Å². The zero-order chi connectivity index (χ0) is 16.8. The Bertz CT molecular complexity index is 749. The van der Waals surface area contributed by atoms with E-state index in [0.717, 1.165) is 16.7 Å². The van der Waals surface area contributed by atoms with E-state index in [1.807, 2.05) is 50.5 Å². The van der Waals surface area contributed by atoms with Gasteiger partial charge in [0, 0.05) is 13.2 Å². The maximum Gasteiger partial charge on any atom is 0.303 e. The van der Waals surface area contributed by atoms with Crippen LogP contribution in [0, 0.1) is 6.92 Å². The van der Waals surface area contributed by atoms with E-state index in [-0.39, 0.29) is 12.3 Å². The van der Waals surface area contributed by atoms with Gasteiger partial charge in [-0.3, -0.25) is 9.48 Å². The van der Waals surface area contributed by atoms with Crippen molar-refractivity contribution >= 4 is 5.97 Å². The van der Waals surface area contributed by atoms with Gasteiger partial charge in [-0.15, -0.1) is 0 Å². The number of carboxylic acids is 1. The van der Waals surface area contributed by atoms with Gasteiger partial charge in [0.05, 0.1) is 12.6 Å². The van der Waals surface area contributed by atoms with Crippen molar-refractivity contribution in [3.8, 4) is 11.1 Å². The molecule has 4 nitrogen and oxygen atoms in total. The fourth-order valence-corrected chi connectivity index (χ4v) is 2.42. The summed E-state index contributed by atoms with van der Waals surface area (Å²) in [5.41, 5.74) is 4.31. The van der Waals surface area contributed by atoms with Crippen LogP contribution < -0.4 is 0 Å². The van der Waals surface area contributed by atoms with Gasteiger partial charge in [-0.05, 0) is 41.2 Å². The first kappa shape index (κ1) is 16.7. The quantitative estimate of drug-likeness (QED) is 0.925. The van der Waals surface area contributed by atoms with Crippen molar-refractivity contribution in [1.29, 1.82) is 0 Å². The summed E-state index contributed by atoms with van der Waals surface area (Å²) in [6, 6.07) is 14.2. The molecule has 1 heterocycles. The lowest BCUT2D eigenvalue weighted by Gasteiger charge is -2.07. The number of aliphatic carboxylic acids is 1. The summed E-state index contributed by atoms with van der Waals surface area (Å²) < 4.78 is 1.72. The van der Waals surface area contributed by atoms with Gasteiger partial charge in [-0.2, -0.15) is 5.10 Å². The lowest BCUT2D eigenvalue weighted by atomic mass is 9.98. The summed E-state index contributed by atoms with van der Waals surface area (Å²) >= 11 is 0. The number of rotatable bonds is 4. The molecule has 1 atom stereocenters. The molecule has 0 spiro atoms. The summed E-state index contributed by atoms with van der Waals surface area (Å²) in [7, 11) is 1.85. The van der Waals surface area contributed by atoms with Crippen LogP contribution in [0.2, 0.25) is 0 Å². The molecule has 4 heteroatoms. The number of nitrogens with zero attached hydrogens (tertiary/aromatic N) is 2. The van der Waals surface area contributed by atoms with Crippen molar-refractivity contribution in [1.82, 2.24) is 9.78 Å². The Morgan fingerprint density at radius 2 is 1.96 bits per heavy atom. The lowest BCUT2D eigenvalue weighted by molar-refractivity contribution is -0.137. The predicted molar refractivity (Wildman–Crippen MR) is 91.7 cm³/mol. The molecule has 0 saturated carbocycles. The molecular formula is C19H22N2O2. The van der Waals surface area contributed by atoms with Crippen molar-refractivity contribution in [3.63, 3.8) is 0 Å². The molecule has 0 fully saturated rings. The Hall–Kier alpha value is -2.62. The first-order chi connectivity index (χ1) is 11.0. The van der Waals surface area contributed by atoms with Crippen LogP contribution in [0.15, 0.2) is 54.9 Å². The molecule has 0 aliphatic rings. The van der Waals surface area contributed by atoms with Crippen LogP contribution in [-0.4, -0.2) is 20.9 Å². The Labute approximate surface area is 136 Å². The zero-order valence-corrected chi connectivity index (χ0v) is 13.7. The SMILES string of the molecule is Cc1ccccc1-c1ccc([C@@H](C)CC(=O)O)cnn(C)cc1. The molecule has 0 aliphatic heterocycles. The number of carbonyl (C=O) groups is 1. The Morgan fingerprint density at radius 1 is 1.22 bits per heavy atom. The van der Waals surface area contributed by atoms with Crippen molar-refractivity contribution in [3.05, 3.63) is 66.0 Å². The topological polar surface area (TPSA) is 55.1 Å². The average molecular weight is 310 g/mol. The van der Waals surface area contributed by atoms with E-state index in [2.05, 4.69) is 24.2 Å². The zero-order valence-electron chi connectivity index (χ0n) is 13.7. The van der Waals surface area contributed by atoms with E-state index in [0.29, 0.717) is 0 Å². The predicted octanol–water partition coefficient (Wildman–Crippen LogP) is 4.10. The summed E-state index contributed by atoms with van der Waals surface area (Å²) in [5.74, 6) is -0.904. The van der Waals surface area contributed by atoms with Gasteiger partial charge in [0.2, 0.25) is 0 Å². The molecule has 0 amide bonds. The fraction of sp³-hybridized carbons (Fsp3) is 0.263. The van der Waals surface area contributed by atoms with Gasteiger partial charge in [0.1, 0.15) is 0 Å². The second-order valence-electron chi connectivity index (χ2n) is 5.74. The average Bonchev–Trinajstić information content (AvgIpc) is 2.58. The highest BCUT2D eigenvalue weighted by Crippen LogP contribution is 2.23. The number of carboxylic acid groups (broad SMARTS) is 1. The second-order valence-corrected chi connectivity index (χ2v) is 5.74. The molecule has 0 unspecified atom stereocenters. The highest BCUT2D eigenvalue weighted by Gasteiger charge is 2.09. The Balaban J connectivity index is 2.56. The second kappa shape index (κ2) is 7.58. The molecule has 0 saturated heterocycles. The maximum atomic E-state index is 11.0. The van der Waals surface area contributed by atoms with Crippen LogP contribution in [-0.2, 0) is 11.8 Å². The highest BCUT2D eigenvalue weighted by molar-refractivity contribution is 5.68. The lowest BCUT2D eigenvalue weighted by Crippen LogP contribution is -2.03. The molecule has 2 aromatic rings. The first-order valence-corrected chi connectivity index (χ1v) is 7.62. The molecule has 1 aromatic carbocycles. The van der Waals surface area contributed by atoms with Gasteiger partial charge in [-0.25, -0.2) is 0 Å². The molecule has 1 N–H and O–H groups in total. The number of benzene rings is 1. The molecule has 1 aromatic heterocycles.